The third kappa shape index (κ3) is 3.57. The van der Waals surface area contributed by atoms with Crippen molar-refractivity contribution >= 4 is 5.91 Å². The van der Waals surface area contributed by atoms with Crippen molar-refractivity contribution in [1.29, 1.82) is 0 Å². The van der Waals surface area contributed by atoms with Crippen molar-refractivity contribution in [2.24, 2.45) is 0 Å². The summed E-state index contributed by atoms with van der Waals surface area (Å²) in [5.74, 6) is 0.253. The van der Waals surface area contributed by atoms with E-state index in [0.717, 1.165) is 44.6 Å². The summed E-state index contributed by atoms with van der Waals surface area (Å²) < 4.78 is 0. The summed E-state index contributed by atoms with van der Waals surface area (Å²) in [4.78, 5) is 14.2. The van der Waals surface area contributed by atoms with Crippen LogP contribution in [0.4, 0.5) is 0 Å². The molecule has 0 saturated carbocycles. The van der Waals surface area contributed by atoms with Gasteiger partial charge in [-0.05, 0) is 30.5 Å². The van der Waals surface area contributed by atoms with Crippen LogP contribution in [0.3, 0.4) is 0 Å². The molecule has 98 valence electrons. The van der Waals surface area contributed by atoms with Gasteiger partial charge in [0.15, 0.2) is 0 Å². The molecule has 1 N–H and O–H groups in total. The summed E-state index contributed by atoms with van der Waals surface area (Å²) in [6, 6.07) is 8.39. The Morgan fingerprint density at radius 1 is 1.17 bits per heavy atom. The minimum absolute atomic E-state index is 0.253. The summed E-state index contributed by atoms with van der Waals surface area (Å²) in [5, 5.41) is 3.32. The third-order valence-electron chi connectivity index (χ3n) is 3.48. The lowest BCUT2D eigenvalue weighted by molar-refractivity contribution is -0.130. The zero-order chi connectivity index (χ0) is 12.8. The van der Waals surface area contributed by atoms with Gasteiger partial charge in [0.05, 0.1) is 6.42 Å². The fourth-order valence-corrected chi connectivity index (χ4v) is 2.27. The lowest BCUT2D eigenvalue weighted by atomic mass is 10.1. The second-order valence-corrected chi connectivity index (χ2v) is 4.83. The molecule has 1 heterocycles. The summed E-state index contributed by atoms with van der Waals surface area (Å²) in [6.45, 7) is 5.81. The number of carbonyl (C=O) groups excluding carboxylic acids is 1. The highest BCUT2D eigenvalue weighted by molar-refractivity contribution is 5.78. The molecule has 1 saturated heterocycles. The molecule has 2 rings (SSSR count). The minimum atomic E-state index is 0.253. The number of nitrogens with zero attached hydrogens (tertiary/aromatic N) is 1. The van der Waals surface area contributed by atoms with E-state index in [2.05, 4.69) is 36.5 Å². The van der Waals surface area contributed by atoms with Crippen LogP contribution in [-0.2, 0) is 17.6 Å². The van der Waals surface area contributed by atoms with Crippen molar-refractivity contribution in [3.8, 4) is 0 Å². The quantitative estimate of drug-likeness (QED) is 0.879. The molecule has 0 spiro atoms. The number of hydrogen-bond donors (Lipinski definition) is 1. The molecule has 0 aromatic heterocycles. The van der Waals surface area contributed by atoms with Crippen LogP contribution < -0.4 is 5.32 Å². The van der Waals surface area contributed by atoms with Gasteiger partial charge in [0.2, 0.25) is 5.91 Å². The second-order valence-electron chi connectivity index (χ2n) is 4.83. The highest BCUT2D eigenvalue weighted by atomic mass is 16.2. The summed E-state index contributed by atoms with van der Waals surface area (Å²) >= 11 is 0. The predicted octanol–water partition coefficient (Wildman–Crippen LogP) is 1.61. The molecular weight excluding hydrogens is 224 g/mol. The van der Waals surface area contributed by atoms with Gasteiger partial charge in [-0.15, -0.1) is 0 Å². The van der Waals surface area contributed by atoms with Crippen molar-refractivity contribution in [1.82, 2.24) is 10.2 Å². The highest BCUT2D eigenvalue weighted by Crippen LogP contribution is 2.08. The van der Waals surface area contributed by atoms with Crippen LogP contribution in [-0.4, -0.2) is 37.0 Å². The van der Waals surface area contributed by atoms with Gasteiger partial charge in [0.1, 0.15) is 0 Å². The monoisotopic (exact) mass is 246 g/mol. The maximum atomic E-state index is 12.2. The summed E-state index contributed by atoms with van der Waals surface area (Å²) in [5.41, 5.74) is 2.44. The number of benzene rings is 1. The molecule has 3 nitrogen and oxygen atoms in total. The Balaban J connectivity index is 1.92. The van der Waals surface area contributed by atoms with Gasteiger partial charge in [-0.1, -0.05) is 31.2 Å². The molecule has 0 bridgehead atoms. The first-order valence-corrected chi connectivity index (χ1v) is 6.86. The average molecular weight is 246 g/mol. The SMILES string of the molecule is CCc1ccc(CC(=O)N2CCCNCC2)cc1. The molecule has 1 fully saturated rings. The van der Waals surface area contributed by atoms with Crippen molar-refractivity contribution in [2.45, 2.75) is 26.2 Å². The van der Waals surface area contributed by atoms with Gasteiger partial charge in [-0.25, -0.2) is 0 Å². The standard InChI is InChI=1S/C15H22N2O/c1-2-13-4-6-14(7-5-13)12-15(18)17-10-3-8-16-9-11-17/h4-7,16H,2-3,8-12H2,1H3. The Kier molecular flexibility index (Phi) is 4.76. The van der Waals surface area contributed by atoms with E-state index in [4.69, 9.17) is 0 Å². The van der Waals surface area contributed by atoms with Gasteiger partial charge < -0.3 is 10.2 Å². The van der Waals surface area contributed by atoms with E-state index in [0.29, 0.717) is 6.42 Å². The van der Waals surface area contributed by atoms with Crippen LogP contribution in [0.25, 0.3) is 0 Å². The first-order valence-electron chi connectivity index (χ1n) is 6.86. The molecule has 18 heavy (non-hydrogen) atoms. The van der Waals surface area contributed by atoms with Crippen LogP contribution in [0.1, 0.15) is 24.5 Å². The topological polar surface area (TPSA) is 32.3 Å². The van der Waals surface area contributed by atoms with Gasteiger partial charge in [0.25, 0.3) is 0 Å². The molecule has 0 atom stereocenters. The van der Waals surface area contributed by atoms with Gasteiger partial charge >= 0.3 is 0 Å². The number of carbonyl (C=O) groups is 1. The third-order valence-corrected chi connectivity index (χ3v) is 3.48. The summed E-state index contributed by atoms with van der Waals surface area (Å²) in [7, 11) is 0. The Labute approximate surface area is 109 Å². The van der Waals surface area contributed by atoms with E-state index >= 15 is 0 Å². The zero-order valence-corrected chi connectivity index (χ0v) is 11.1. The largest absolute Gasteiger partial charge is 0.341 e. The number of hydrogen-bond acceptors (Lipinski definition) is 2. The number of aryl methyl sites for hydroxylation is 1. The van der Waals surface area contributed by atoms with Gasteiger partial charge in [0, 0.05) is 19.6 Å². The first-order chi connectivity index (χ1) is 8.79. The maximum absolute atomic E-state index is 12.2. The molecule has 1 aliphatic rings. The highest BCUT2D eigenvalue weighted by Gasteiger charge is 2.15. The van der Waals surface area contributed by atoms with Crippen LogP contribution in [0.15, 0.2) is 24.3 Å². The minimum Gasteiger partial charge on any atom is -0.341 e. The molecule has 1 aromatic carbocycles. The zero-order valence-electron chi connectivity index (χ0n) is 11.1. The lowest BCUT2D eigenvalue weighted by Gasteiger charge is -2.20. The first kappa shape index (κ1) is 13.1. The Hall–Kier alpha value is -1.35. The van der Waals surface area contributed by atoms with E-state index in [1.807, 2.05) is 4.90 Å². The number of nitrogens with one attached hydrogen (secondary N) is 1. The Morgan fingerprint density at radius 2 is 1.89 bits per heavy atom. The predicted molar refractivity (Wildman–Crippen MR) is 73.6 cm³/mol. The molecular formula is C15H22N2O. The van der Waals surface area contributed by atoms with E-state index in [9.17, 15) is 4.79 Å². The smallest absolute Gasteiger partial charge is 0.227 e. The van der Waals surface area contributed by atoms with Crippen LogP contribution in [0.2, 0.25) is 0 Å². The second kappa shape index (κ2) is 6.55. The Bertz CT molecular complexity index is 378. The fourth-order valence-electron chi connectivity index (χ4n) is 2.27. The van der Waals surface area contributed by atoms with Gasteiger partial charge in [-0.2, -0.15) is 0 Å². The van der Waals surface area contributed by atoms with Crippen LogP contribution in [0.5, 0.6) is 0 Å². The molecule has 0 unspecified atom stereocenters. The molecule has 0 radical (unpaired) electrons. The molecule has 1 aromatic rings. The van der Waals surface area contributed by atoms with Crippen molar-refractivity contribution in [3.63, 3.8) is 0 Å². The van der Waals surface area contributed by atoms with Crippen LogP contribution >= 0.6 is 0 Å². The summed E-state index contributed by atoms with van der Waals surface area (Å²) in [6.07, 6.45) is 2.64. The Morgan fingerprint density at radius 3 is 2.61 bits per heavy atom. The average Bonchev–Trinajstić information content (AvgIpc) is 2.68. The van der Waals surface area contributed by atoms with Crippen LogP contribution in [0, 0.1) is 0 Å². The van der Waals surface area contributed by atoms with Gasteiger partial charge in [-0.3, -0.25) is 4.79 Å². The van der Waals surface area contributed by atoms with E-state index < -0.39 is 0 Å². The van der Waals surface area contributed by atoms with Crippen molar-refractivity contribution < 1.29 is 4.79 Å². The number of rotatable bonds is 3. The molecule has 0 aliphatic carbocycles. The molecule has 1 aliphatic heterocycles. The normalized spacial score (nSPS) is 16.4. The fraction of sp³-hybridized carbons (Fsp3) is 0.533. The van der Waals surface area contributed by atoms with Crippen molar-refractivity contribution in [3.05, 3.63) is 35.4 Å². The van der Waals surface area contributed by atoms with E-state index in [1.54, 1.807) is 0 Å². The van der Waals surface area contributed by atoms with E-state index in [-0.39, 0.29) is 5.91 Å². The van der Waals surface area contributed by atoms with E-state index in [1.165, 1.54) is 5.56 Å². The lowest BCUT2D eigenvalue weighted by Crippen LogP contribution is -2.35. The maximum Gasteiger partial charge on any atom is 0.227 e. The molecule has 3 heteroatoms. The molecule has 1 amide bonds. The number of amides is 1. The van der Waals surface area contributed by atoms with Crippen molar-refractivity contribution in [2.75, 3.05) is 26.2 Å².